The van der Waals surface area contributed by atoms with Crippen molar-refractivity contribution in [1.82, 2.24) is 0 Å². The van der Waals surface area contributed by atoms with Gasteiger partial charge in [0.2, 0.25) is 0 Å². The van der Waals surface area contributed by atoms with Crippen LogP contribution in [0.3, 0.4) is 0 Å². The molecule has 0 heterocycles. The van der Waals surface area contributed by atoms with Crippen LogP contribution in [0, 0.1) is 5.92 Å². The molecule has 0 fully saturated rings. The Balaban J connectivity index is 4.28. The first-order valence-corrected chi connectivity index (χ1v) is 33.4. The number of unbranched alkanes of at least 4 members (excludes halogenated alkanes) is 49. The average molecular weight is 1030 g/mol. The molecule has 0 aliphatic heterocycles. The van der Waals surface area contributed by atoms with Crippen LogP contribution in [0.2, 0.25) is 0 Å². The van der Waals surface area contributed by atoms with E-state index in [2.05, 4.69) is 27.7 Å². The van der Waals surface area contributed by atoms with E-state index in [4.69, 9.17) is 14.2 Å². The van der Waals surface area contributed by atoms with Crippen molar-refractivity contribution in [3.05, 3.63) is 0 Å². The molecule has 0 aromatic rings. The Bertz CT molecular complexity index is 1110. The number of carbonyl (C=O) groups excluding carboxylic acids is 3. The summed E-state index contributed by atoms with van der Waals surface area (Å²) in [6.45, 7) is 9.11. The monoisotopic (exact) mass is 1030 g/mol. The third-order valence-electron chi connectivity index (χ3n) is 15.5. The summed E-state index contributed by atoms with van der Waals surface area (Å²) < 4.78 is 17.0. The van der Waals surface area contributed by atoms with Crippen molar-refractivity contribution in [2.75, 3.05) is 13.2 Å². The smallest absolute Gasteiger partial charge is 0.306 e. The topological polar surface area (TPSA) is 78.9 Å². The molecule has 0 spiro atoms. The summed E-state index contributed by atoms with van der Waals surface area (Å²) in [5, 5.41) is 0. The number of hydrogen-bond donors (Lipinski definition) is 0. The molecule has 0 aromatic carbocycles. The summed E-state index contributed by atoms with van der Waals surface area (Å²) in [6, 6.07) is 0. The predicted molar refractivity (Wildman–Crippen MR) is 317 cm³/mol. The van der Waals surface area contributed by atoms with Gasteiger partial charge in [0.1, 0.15) is 13.2 Å². The van der Waals surface area contributed by atoms with Gasteiger partial charge in [-0.25, -0.2) is 0 Å². The lowest BCUT2D eigenvalue weighted by atomic mass is 10.0. The molecular formula is C67H130O6. The first-order valence-electron chi connectivity index (χ1n) is 33.4. The highest BCUT2D eigenvalue weighted by Gasteiger charge is 2.19. The highest BCUT2D eigenvalue weighted by atomic mass is 16.6. The third-order valence-corrected chi connectivity index (χ3v) is 15.5. The van der Waals surface area contributed by atoms with E-state index in [1.807, 2.05) is 0 Å². The molecule has 0 rings (SSSR count). The van der Waals surface area contributed by atoms with Crippen molar-refractivity contribution < 1.29 is 28.6 Å². The molecule has 0 aliphatic carbocycles. The van der Waals surface area contributed by atoms with Gasteiger partial charge in [-0.15, -0.1) is 0 Å². The molecule has 0 amide bonds. The zero-order valence-electron chi connectivity index (χ0n) is 50.1. The van der Waals surface area contributed by atoms with Gasteiger partial charge in [0.15, 0.2) is 6.10 Å². The highest BCUT2D eigenvalue weighted by molar-refractivity contribution is 5.71. The van der Waals surface area contributed by atoms with E-state index in [0.717, 1.165) is 63.7 Å². The number of esters is 3. The maximum Gasteiger partial charge on any atom is 0.306 e. The molecule has 0 saturated heterocycles. The summed E-state index contributed by atoms with van der Waals surface area (Å²) >= 11 is 0. The van der Waals surface area contributed by atoms with Crippen molar-refractivity contribution in [3.8, 4) is 0 Å². The van der Waals surface area contributed by atoms with Gasteiger partial charge in [0, 0.05) is 19.3 Å². The summed E-state index contributed by atoms with van der Waals surface area (Å²) in [4.78, 5) is 38.4. The molecule has 73 heavy (non-hydrogen) atoms. The Labute approximate surface area is 457 Å². The SMILES string of the molecule is CCCCCCCCCCCCCCCCCCCCCC(=O)O[C@H](COC(=O)CCCCCCCCCCCCCCCCCCCC)COC(=O)CCCCCCCCCCCCCCCCCC(C)C. The zero-order valence-corrected chi connectivity index (χ0v) is 50.1. The molecule has 0 radical (unpaired) electrons. The van der Waals surface area contributed by atoms with E-state index in [1.165, 1.54) is 283 Å². The highest BCUT2D eigenvalue weighted by Crippen LogP contribution is 2.19. The van der Waals surface area contributed by atoms with E-state index >= 15 is 0 Å². The summed E-state index contributed by atoms with van der Waals surface area (Å²) in [7, 11) is 0. The standard InChI is InChI=1S/C67H130O6/c1-5-7-9-11-13-15-17-19-21-23-25-27-31-36-40-44-48-52-56-60-67(70)73-64(61-71-65(68)58-54-50-46-42-38-34-30-26-24-22-20-18-16-14-12-10-8-6-2)62-72-66(69)59-55-51-47-43-39-35-32-28-29-33-37-41-45-49-53-57-63(3)4/h63-64H,5-62H2,1-4H3/t64-/m1/s1. The largest absolute Gasteiger partial charge is 0.462 e. The van der Waals surface area contributed by atoms with E-state index in [9.17, 15) is 14.4 Å². The average Bonchev–Trinajstić information content (AvgIpc) is 3.38. The normalized spacial score (nSPS) is 12.0. The van der Waals surface area contributed by atoms with Gasteiger partial charge in [-0.3, -0.25) is 14.4 Å². The van der Waals surface area contributed by atoms with Crippen LogP contribution >= 0.6 is 0 Å². The minimum atomic E-state index is -0.763. The van der Waals surface area contributed by atoms with Crippen LogP contribution in [0.4, 0.5) is 0 Å². The molecule has 1 atom stereocenters. The van der Waals surface area contributed by atoms with Crippen molar-refractivity contribution in [3.63, 3.8) is 0 Å². The Morgan fingerprint density at radius 1 is 0.260 bits per heavy atom. The Kier molecular flexibility index (Phi) is 59.9. The van der Waals surface area contributed by atoms with E-state index in [0.29, 0.717) is 19.3 Å². The third kappa shape index (κ3) is 61.1. The molecule has 0 saturated carbocycles. The number of rotatable bonds is 62. The number of ether oxygens (including phenoxy) is 3. The fourth-order valence-electron chi connectivity index (χ4n) is 10.5. The summed E-state index contributed by atoms with van der Waals surface area (Å²) in [5.74, 6) is 0.0251. The lowest BCUT2D eigenvalue weighted by Gasteiger charge is -2.18. The summed E-state index contributed by atoms with van der Waals surface area (Å²) in [6.07, 6.45) is 69.7. The first-order chi connectivity index (χ1) is 35.9. The van der Waals surface area contributed by atoms with Crippen LogP contribution in [0.1, 0.15) is 387 Å². The molecule has 6 nitrogen and oxygen atoms in total. The van der Waals surface area contributed by atoms with Crippen LogP contribution in [-0.4, -0.2) is 37.2 Å². The van der Waals surface area contributed by atoms with Crippen LogP contribution in [-0.2, 0) is 28.6 Å². The second kappa shape index (κ2) is 61.3. The minimum absolute atomic E-state index is 0.0609. The molecule has 434 valence electrons. The van der Waals surface area contributed by atoms with E-state index in [-0.39, 0.29) is 31.1 Å². The van der Waals surface area contributed by atoms with Crippen LogP contribution < -0.4 is 0 Å². The first kappa shape index (κ1) is 71.4. The van der Waals surface area contributed by atoms with Crippen molar-refractivity contribution in [2.45, 2.75) is 393 Å². The maximum absolute atomic E-state index is 12.9. The fraction of sp³-hybridized carbons (Fsp3) is 0.955. The molecule has 0 aromatic heterocycles. The van der Waals surface area contributed by atoms with Crippen LogP contribution in [0.25, 0.3) is 0 Å². The Hall–Kier alpha value is -1.59. The molecule has 6 heteroatoms. The van der Waals surface area contributed by atoms with Gasteiger partial charge in [0.05, 0.1) is 0 Å². The predicted octanol–water partition coefficient (Wildman–Crippen LogP) is 22.5. The lowest BCUT2D eigenvalue weighted by molar-refractivity contribution is -0.167. The van der Waals surface area contributed by atoms with Crippen molar-refractivity contribution in [2.24, 2.45) is 5.92 Å². The van der Waals surface area contributed by atoms with Crippen molar-refractivity contribution in [1.29, 1.82) is 0 Å². The van der Waals surface area contributed by atoms with Gasteiger partial charge in [-0.05, 0) is 25.2 Å². The van der Waals surface area contributed by atoms with Gasteiger partial charge < -0.3 is 14.2 Å². The van der Waals surface area contributed by atoms with Crippen LogP contribution in [0.5, 0.6) is 0 Å². The van der Waals surface area contributed by atoms with Crippen molar-refractivity contribution >= 4 is 17.9 Å². The fourth-order valence-corrected chi connectivity index (χ4v) is 10.5. The number of hydrogen-bond acceptors (Lipinski definition) is 6. The Morgan fingerprint density at radius 2 is 0.452 bits per heavy atom. The van der Waals surface area contributed by atoms with E-state index in [1.54, 1.807) is 0 Å². The molecule has 0 unspecified atom stereocenters. The molecule has 0 N–H and O–H groups in total. The summed E-state index contributed by atoms with van der Waals surface area (Å²) in [5.41, 5.74) is 0. The minimum Gasteiger partial charge on any atom is -0.462 e. The quantitative estimate of drug-likeness (QED) is 0.0343. The Morgan fingerprint density at radius 3 is 0.671 bits per heavy atom. The van der Waals surface area contributed by atoms with Gasteiger partial charge in [-0.2, -0.15) is 0 Å². The lowest BCUT2D eigenvalue weighted by Crippen LogP contribution is -2.30. The molecular weight excluding hydrogens is 901 g/mol. The van der Waals surface area contributed by atoms with E-state index < -0.39 is 6.10 Å². The zero-order chi connectivity index (χ0) is 53.0. The maximum atomic E-state index is 12.9. The molecule has 0 aliphatic rings. The van der Waals surface area contributed by atoms with Gasteiger partial charge >= 0.3 is 17.9 Å². The second-order valence-electron chi connectivity index (χ2n) is 23.6. The van der Waals surface area contributed by atoms with Gasteiger partial charge in [-0.1, -0.05) is 349 Å². The second-order valence-corrected chi connectivity index (χ2v) is 23.6. The van der Waals surface area contributed by atoms with Gasteiger partial charge in [0.25, 0.3) is 0 Å². The number of carbonyl (C=O) groups is 3. The molecule has 0 bridgehead atoms. The van der Waals surface area contributed by atoms with Crippen LogP contribution in [0.15, 0.2) is 0 Å².